The van der Waals surface area contributed by atoms with Crippen LogP contribution in [-0.4, -0.2) is 12.6 Å². The molecule has 0 unspecified atom stereocenters. The van der Waals surface area contributed by atoms with E-state index in [1.54, 1.807) is 0 Å². The largest absolute Gasteiger partial charge is 0.462 e. The highest BCUT2D eigenvalue weighted by Crippen LogP contribution is 2.26. The molecule has 0 bridgehead atoms. The lowest BCUT2D eigenvalue weighted by molar-refractivity contribution is -0.138. The second-order valence-corrected chi connectivity index (χ2v) is 8.07. The fraction of sp³-hybridized carbons (Fsp3) is 0.667. The van der Waals surface area contributed by atoms with Gasteiger partial charge in [0.15, 0.2) is 0 Å². The average molecular weight is 534 g/mol. The Balaban J connectivity index is 3.60. The Morgan fingerprint density at radius 1 is 1.14 bits per heavy atom. The Hall–Kier alpha value is 1.40. The standard InChI is InChI=1S/C9H13I3O2/c1-2-3-4-5-6-14-9(13)7(10)8(11)12/h2-6H2,1H3. The van der Waals surface area contributed by atoms with Crippen molar-refractivity contribution in [3.8, 4) is 0 Å². The van der Waals surface area contributed by atoms with Gasteiger partial charge in [-0.1, -0.05) is 26.2 Å². The molecule has 0 heterocycles. The van der Waals surface area contributed by atoms with Crippen molar-refractivity contribution >= 4 is 73.7 Å². The third-order valence-corrected chi connectivity index (χ3v) is 5.70. The maximum Gasteiger partial charge on any atom is 0.345 e. The smallest absolute Gasteiger partial charge is 0.345 e. The first-order chi connectivity index (χ1) is 6.59. The van der Waals surface area contributed by atoms with Gasteiger partial charge in [-0.3, -0.25) is 0 Å². The zero-order valence-corrected chi connectivity index (χ0v) is 14.5. The van der Waals surface area contributed by atoms with Gasteiger partial charge in [0.1, 0.15) is 3.58 Å². The molecule has 0 aromatic heterocycles. The number of esters is 1. The van der Waals surface area contributed by atoms with Crippen molar-refractivity contribution in [2.75, 3.05) is 6.61 Å². The first kappa shape index (κ1) is 15.4. The predicted molar refractivity (Wildman–Crippen MR) is 84.2 cm³/mol. The van der Waals surface area contributed by atoms with Crippen LogP contribution in [0.15, 0.2) is 5.17 Å². The van der Waals surface area contributed by atoms with E-state index < -0.39 is 0 Å². The second kappa shape index (κ2) is 9.61. The Morgan fingerprint density at radius 2 is 1.79 bits per heavy atom. The number of carbonyl (C=O) groups is 1. The zero-order chi connectivity index (χ0) is 11.0. The Labute approximate surface area is 126 Å². The number of rotatable bonds is 6. The molecule has 0 rings (SSSR count). The molecule has 0 aliphatic carbocycles. The number of carbonyl (C=O) groups excluding carboxylic acids is 1. The summed E-state index contributed by atoms with van der Waals surface area (Å²) in [4.78, 5) is 11.3. The number of halogens is 3. The van der Waals surface area contributed by atoms with E-state index in [4.69, 9.17) is 4.74 Å². The minimum absolute atomic E-state index is 0.194. The van der Waals surface area contributed by atoms with Crippen LogP contribution in [0.4, 0.5) is 0 Å². The molecular weight excluding hydrogens is 521 g/mol. The molecule has 14 heavy (non-hydrogen) atoms. The molecule has 0 aliphatic heterocycles. The third kappa shape index (κ3) is 7.66. The summed E-state index contributed by atoms with van der Waals surface area (Å²) >= 11 is 6.25. The fourth-order valence-corrected chi connectivity index (χ4v) is 1.43. The van der Waals surface area contributed by atoms with Crippen LogP contribution in [0.5, 0.6) is 0 Å². The van der Waals surface area contributed by atoms with Gasteiger partial charge >= 0.3 is 5.97 Å². The summed E-state index contributed by atoms with van der Waals surface area (Å²) < 4.78 is 6.74. The van der Waals surface area contributed by atoms with Crippen LogP contribution in [0.1, 0.15) is 32.6 Å². The van der Waals surface area contributed by atoms with Crippen molar-refractivity contribution < 1.29 is 9.53 Å². The molecule has 82 valence electrons. The third-order valence-electron chi connectivity index (χ3n) is 1.58. The maximum atomic E-state index is 11.3. The molecule has 0 saturated heterocycles. The lowest BCUT2D eigenvalue weighted by Gasteiger charge is -2.03. The summed E-state index contributed by atoms with van der Waals surface area (Å²) in [6, 6.07) is 0. The summed E-state index contributed by atoms with van der Waals surface area (Å²) in [7, 11) is 0. The minimum atomic E-state index is -0.194. The molecule has 5 heteroatoms. The van der Waals surface area contributed by atoms with Crippen LogP contribution in [-0.2, 0) is 9.53 Å². The maximum absolute atomic E-state index is 11.3. The van der Waals surface area contributed by atoms with Crippen molar-refractivity contribution in [1.82, 2.24) is 0 Å². The summed E-state index contributed by atoms with van der Waals surface area (Å²) in [5.41, 5.74) is 0. The van der Waals surface area contributed by atoms with Crippen molar-refractivity contribution in [3.05, 3.63) is 5.17 Å². The van der Waals surface area contributed by atoms with Crippen LogP contribution in [0.25, 0.3) is 0 Å². The topological polar surface area (TPSA) is 26.3 Å². The Morgan fingerprint density at radius 3 is 2.29 bits per heavy atom. The number of hydrogen-bond donors (Lipinski definition) is 0. The highest BCUT2D eigenvalue weighted by Gasteiger charge is 2.09. The van der Waals surface area contributed by atoms with Gasteiger partial charge in [0.25, 0.3) is 0 Å². The van der Waals surface area contributed by atoms with E-state index in [0.29, 0.717) is 10.2 Å². The average Bonchev–Trinajstić information content (AvgIpc) is 2.16. The summed E-state index contributed by atoms with van der Waals surface area (Å²) in [5, 5.41) is 0. The molecule has 0 aliphatic rings. The first-order valence-electron chi connectivity index (χ1n) is 4.47. The highest BCUT2D eigenvalue weighted by molar-refractivity contribution is 14.2. The lowest BCUT2D eigenvalue weighted by atomic mass is 10.2. The molecule has 0 N–H and O–H groups in total. The van der Waals surface area contributed by atoms with E-state index in [9.17, 15) is 4.79 Å². The number of ether oxygens (including phenoxy) is 1. The summed E-state index contributed by atoms with van der Waals surface area (Å²) in [5.74, 6) is -0.194. The molecule has 0 radical (unpaired) electrons. The Bertz CT molecular complexity index is 210. The van der Waals surface area contributed by atoms with E-state index in [2.05, 4.69) is 52.1 Å². The minimum Gasteiger partial charge on any atom is -0.462 e. The normalized spacial score (nSPS) is 9.71. The van der Waals surface area contributed by atoms with Gasteiger partial charge in [-0.2, -0.15) is 0 Å². The SMILES string of the molecule is CCCCCCOC(=O)C(I)=C(I)I. The van der Waals surface area contributed by atoms with E-state index in [1.165, 1.54) is 12.8 Å². The van der Waals surface area contributed by atoms with Crippen molar-refractivity contribution in [3.63, 3.8) is 0 Å². The van der Waals surface area contributed by atoms with Gasteiger partial charge in [-0.15, -0.1) is 0 Å². The second-order valence-electron chi connectivity index (χ2n) is 2.77. The molecular formula is C9H13I3O2. The molecule has 0 saturated carbocycles. The molecule has 2 nitrogen and oxygen atoms in total. The van der Waals surface area contributed by atoms with E-state index in [0.717, 1.165) is 14.4 Å². The molecule has 0 amide bonds. The monoisotopic (exact) mass is 534 g/mol. The molecule has 0 aromatic carbocycles. The van der Waals surface area contributed by atoms with Crippen molar-refractivity contribution in [2.24, 2.45) is 0 Å². The summed E-state index contributed by atoms with van der Waals surface area (Å²) in [6.45, 7) is 2.71. The van der Waals surface area contributed by atoms with Crippen LogP contribution in [0.3, 0.4) is 0 Å². The van der Waals surface area contributed by atoms with Gasteiger partial charge in [0.2, 0.25) is 0 Å². The van der Waals surface area contributed by atoms with E-state index in [-0.39, 0.29) is 5.97 Å². The predicted octanol–water partition coefficient (Wildman–Crippen LogP) is 4.58. The number of hydrogen-bond acceptors (Lipinski definition) is 2. The van der Waals surface area contributed by atoms with Crippen LogP contribution >= 0.6 is 67.8 Å². The van der Waals surface area contributed by atoms with Crippen molar-refractivity contribution in [2.45, 2.75) is 32.6 Å². The zero-order valence-electron chi connectivity index (χ0n) is 7.99. The van der Waals surface area contributed by atoms with Crippen LogP contribution in [0.2, 0.25) is 0 Å². The van der Waals surface area contributed by atoms with Crippen molar-refractivity contribution in [1.29, 1.82) is 0 Å². The fourth-order valence-electron chi connectivity index (χ4n) is 0.834. The summed E-state index contributed by atoms with van der Waals surface area (Å²) in [6.07, 6.45) is 4.54. The highest BCUT2D eigenvalue weighted by atomic mass is 127. The lowest BCUT2D eigenvalue weighted by Crippen LogP contribution is -2.05. The van der Waals surface area contributed by atoms with Crippen LogP contribution in [0, 0.1) is 0 Å². The Kier molecular flexibility index (Phi) is 10.6. The van der Waals surface area contributed by atoms with E-state index in [1.807, 2.05) is 22.6 Å². The van der Waals surface area contributed by atoms with Gasteiger partial charge < -0.3 is 4.74 Å². The quantitative estimate of drug-likeness (QED) is 0.216. The van der Waals surface area contributed by atoms with Gasteiger partial charge in [0, 0.05) is 0 Å². The molecule has 0 aromatic rings. The molecule has 0 fully saturated rings. The van der Waals surface area contributed by atoms with Crippen LogP contribution < -0.4 is 0 Å². The molecule has 0 atom stereocenters. The molecule has 0 spiro atoms. The first-order valence-corrected chi connectivity index (χ1v) is 7.71. The number of unbranched alkanes of at least 4 members (excludes halogenated alkanes) is 3. The van der Waals surface area contributed by atoms with Gasteiger partial charge in [-0.05, 0) is 74.2 Å². The van der Waals surface area contributed by atoms with Gasteiger partial charge in [-0.25, -0.2) is 4.79 Å². The van der Waals surface area contributed by atoms with Gasteiger partial charge in [0.05, 0.1) is 8.19 Å². The van der Waals surface area contributed by atoms with E-state index >= 15 is 0 Å².